The van der Waals surface area contributed by atoms with E-state index in [1.54, 1.807) is 7.05 Å². The highest BCUT2D eigenvalue weighted by atomic mass is 16.5. The van der Waals surface area contributed by atoms with E-state index in [1.807, 2.05) is 6.92 Å². The maximum atomic E-state index is 9.91. The number of aromatic amines is 1. The summed E-state index contributed by atoms with van der Waals surface area (Å²) in [5.74, 6) is 0.812. The molecule has 1 aromatic rings. The lowest BCUT2D eigenvalue weighted by molar-refractivity contribution is -0.128. The Balaban J connectivity index is 2.62. The molecule has 0 saturated carbocycles. The van der Waals surface area contributed by atoms with Gasteiger partial charge in [-0.3, -0.25) is 9.89 Å². The van der Waals surface area contributed by atoms with Gasteiger partial charge in [-0.25, -0.2) is 0 Å². The first-order valence-electron chi connectivity index (χ1n) is 4.06. The summed E-state index contributed by atoms with van der Waals surface area (Å²) in [5.41, 5.74) is 2.06. The second-order valence-corrected chi connectivity index (χ2v) is 2.64. The Morgan fingerprint density at radius 3 is 3.08 bits per heavy atom. The summed E-state index contributed by atoms with van der Waals surface area (Å²) in [6.07, 6.45) is 0.678. The minimum atomic E-state index is 0.387. The van der Waals surface area contributed by atoms with Crippen molar-refractivity contribution in [3.05, 3.63) is 11.3 Å². The van der Waals surface area contributed by atoms with Gasteiger partial charge in [-0.2, -0.15) is 5.10 Å². The molecule has 0 fully saturated rings. The number of carbonyl (C=O) groups is 1. The number of nitrogens with zero attached hydrogens (tertiary/aromatic N) is 1. The number of hydrogen-bond acceptors (Lipinski definition) is 4. The van der Waals surface area contributed by atoms with E-state index in [4.69, 9.17) is 0 Å². The normalized spacial score (nSPS) is 9.69. The first-order valence-corrected chi connectivity index (χ1v) is 4.06. The fourth-order valence-electron chi connectivity index (χ4n) is 1.17. The van der Waals surface area contributed by atoms with Crippen LogP contribution in [-0.2, 0) is 16.0 Å². The summed E-state index contributed by atoms with van der Waals surface area (Å²) in [6.45, 7) is 2.77. The van der Waals surface area contributed by atoms with Crippen molar-refractivity contribution in [2.75, 3.05) is 19.0 Å². The van der Waals surface area contributed by atoms with Crippen molar-refractivity contribution in [2.45, 2.75) is 13.3 Å². The van der Waals surface area contributed by atoms with Crippen LogP contribution in [0.25, 0.3) is 0 Å². The highest BCUT2D eigenvalue weighted by Gasteiger charge is 2.07. The lowest BCUT2D eigenvalue weighted by Gasteiger charge is -2.01. The summed E-state index contributed by atoms with van der Waals surface area (Å²) >= 11 is 0. The summed E-state index contributed by atoms with van der Waals surface area (Å²) in [7, 11) is 1.81. The van der Waals surface area contributed by atoms with Crippen molar-refractivity contribution in [3.8, 4) is 0 Å². The second kappa shape index (κ2) is 4.49. The molecule has 2 N–H and O–H groups in total. The number of nitrogens with one attached hydrogen (secondary N) is 2. The molecule has 0 bridgehead atoms. The Morgan fingerprint density at radius 2 is 2.46 bits per heavy atom. The van der Waals surface area contributed by atoms with E-state index in [2.05, 4.69) is 20.3 Å². The molecule has 0 aliphatic carbocycles. The number of anilines is 1. The molecule has 0 aliphatic rings. The van der Waals surface area contributed by atoms with Crippen LogP contribution in [0.4, 0.5) is 5.82 Å². The molecule has 1 rings (SSSR count). The van der Waals surface area contributed by atoms with Gasteiger partial charge in [-0.1, -0.05) is 0 Å². The van der Waals surface area contributed by atoms with E-state index in [1.165, 1.54) is 0 Å². The zero-order valence-corrected chi connectivity index (χ0v) is 7.76. The Kier molecular flexibility index (Phi) is 3.31. The number of hydrogen-bond donors (Lipinski definition) is 2. The third kappa shape index (κ3) is 2.21. The Morgan fingerprint density at radius 1 is 1.69 bits per heavy atom. The van der Waals surface area contributed by atoms with E-state index >= 15 is 0 Å². The van der Waals surface area contributed by atoms with Gasteiger partial charge in [0.05, 0.1) is 6.61 Å². The molecular weight excluding hydrogens is 170 g/mol. The van der Waals surface area contributed by atoms with Gasteiger partial charge < -0.3 is 10.1 Å². The number of aryl methyl sites for hydroxylation is 1. The van der Waals surface area contributed by atoms with Crippen LogP contribution >= 0.6 is 0 Å². The van der Waals surface area contributed by atoms with Gasteiger partial charge in [0, 0.05) is 24.7 Å². The van der Waals surface area contributed by atoms with Gasteiger partial charge in [0.1, 0.15) is 0 Å². The third-order valence-corrected chi connectivity index (χ3v) is 1.85. The van der Waals surface area contributed by atoms with E-state index in [9.17, 15) is 4.79 Å². The topological polar surface area (TPSA) is 67.0 Å². The average molecular weight is 183 g/mol. The largest absolute Gasteiger partial charge is 0.468 e. The van der Waals surface area contributed by atoms with Gasteiger partial charge in [-0.15, -0.1) is 0 Å². The Hall–Kier alpha value is -1.52. The molecule has 72 valence electrons. The van der Waals surface area contributed by atoms with Crippen molar-refractivity contribution in [1.82, 2.24) is 10.2 Å². The van der Waals surface area contributed by atoms with E-state index < -0.39 is 0 Å². The fraction of sp³-hybridized carbons (Fsp3) is 0.500. The molecule has 1 heterocycles. The van der Waals surface area contributed by atoms with Crippen molar-refractivity contribution >= 4 is 12.3 Å². The summed E-state index contributed by atoms with van der Waals surface area (Å²) < 4.78 is 4.61. The van der Waals surface area contributed by atoms with Gasteiger partial charge >= 0.3 is 0 Å². The zero-order valence-electron chi connectivity index (χ0n) is 7.76. The Bertz CT molecular complexity index is 283. The van der Waals surface area contributed by atoms with Crippen molar-refractivity contribution in [1.29, 1.82) is 0 Å². The number of ether oxygens (including phenoxy) is 1. The lowest BCUT2D eigenvalue weighted by atomic mass is 10.2. The minimum absolute atomic E-state index is 0.387. The molecule has 0 atom stereocenters. The number of carbonyl (C=O) groups excluding carboxylic acids is 1. The van der Waals surface area contributed by atoms with Gasteiger partial charge in [0.15, 0.2) is 5.82 Å². The van der Waals surface area contributed by atoms with Crippen LogP contribution in [-0.4, -0.2) is 30.3 Å². The van der Waals surface area contributed by atoms with Gasteiger partial charge in [0.2, 0.25) is 0 Å². The molecule has 0 radical (unpaired) electrons. The van der Waals surface area contributed by atoms with Crippen LogP contribution < -0.4 is 5.32 Å². The third-order valence-electron chi connectivity index (χ3n) is 1.85. The van der Waals surface area contributed by atoms with Crippen molar-refractivity contribution in [3.63, 3.8) is 0 Å². The maximum absolute atomic E-state index is 9.91. The van der Waals surface area contributed by atoms with Gasteiger partial charge in [-0.05, 0) is 6.92 Å². The van der Waals surface area contributed by atoms with E-state index in [-0.39, 0.29) is 0 Å². The first kappa shape index (κ1) is 9.57. The maximum Gasteiger partial charge on any atom is 0.293 e. The summed E-state index contributed by atoms with van der Waals surface area (Å²) in [4.78, 5) is 9.91. The van der Waals surface area contributed by atoms with E-state index in [0.29, 0.717) is 19.5 Å². The Labute approximate surface area is 76.5 Å². The fourth-order valence-corrected chi connectivity index (χ4v) is 1.17. The van der Waals surface area contributed by atoms with Crippen molar-refractivity contribution < 1.29 is 9.53 Å². The molecular formula is C8H13N3O2. The van der Waals surface area contributed by atoms with Crippen LogP contribution in [0.3, 0.4) is 0 Å². The van der Waals surface area contributed by atoms with Crippen LogP contribution in [0.5, 0.6) is 0 Å². The molecule has 0 aromatic carbocycles. The van der Waals surface area contributed by atoms with Crippen LogP contribution in [0.2, 0.25) is 0 Å². The monoisotopic (exact) mass is 183 g/mol. The zero-order chi connectivity index (χ0) is 9.68. The van der Waals surface area contributed by atoms with E-state index in [0.717, 1.165) is 17.1 Å². The first-order chi connectivity index (χ1) is 6.29. The van der Waals surface area contributed by atoms with Crippen LogP contribution in [0.15, 0.2) is 0 Å². The number of aromatic nitrogens is 2. The van der Waals surface area contributed by atoms with Gasteiger partial charge in [0.25, 0.3) is 6.47 Å². The SMILES string of the molecule is CNc1n[nH]c(C)c1CCOC=O. The summed E-state index contributed by atoms with van der Waals surface area (Å²) in [5, 5.41) is 9.85. The number of rotatable bonds is 5. The van der Waals surface area contributed by atoms with Crippen LogP contribution in [0, 0.1) is 6.92 Å². The molecule has 13 heavy (non-hydrogen) atoms. The molecule has 5 nitrogen and oxygen atoms in total. The highest BCUT2D eigenvalue weighted by molar-refractivity contribution is 5.46. The lowest BCUT2D eigenvalue weighted by Crippen LogP contribution is -2.00. The average Bonchev–Trinajstić information content (AvgIpc) is 2.48. The molecule has 1 aromatic heterocycles. The quantitative estimate of drug-likeness (QED) is 0.514. The second-order valence-electron chi connectivity index (χ2n) is 2.64. The smallest absolute Gasteiger partial charge is 0.293 e. The molecule has 5 heteroatoms. The minimum Gasteiger partial charge on any atom is -0.468 e. The predicted octanol–water partition coefficient (Wildman–Crippen LogP) is 0.475. The highest BCUT2D eigenvalue weighted by Crippen LogP contribution is 2.15. The molecule has 0 amide bonds. The van der Waals surface area contributed by atoms with Crippen LogP contribution in [0.1, 0.15) is 11.3 Å². The summed E-state index contributed by atoms with van der Waals surface area (Å²) in [6, 6.07) is 0. The number of H-pyrrole nitrogens is 1. The predicted molar refractivity (Wildman–Crippen MR) is 48.6 cm³/mol. The standard InChI is InChI=1S/C8H13N3O2/c1-6-7(3-4-13-5-12)8(9-2)11-10-6/h5H,3-4H2,1-2H3,(H2,9,10,11). The molecule has 0 spiro atoms. The molecule has 0 aliphatic heterocycles. The molecule has 0 saturated heterocycles. The molecule has 0 unspecified atom stereocenters. The van der Waals surface area contributed by atoms with Crippen molar-refractivity contribution in [2.24, 2.45) is 0 Å².